The van der Waals surface area contributed by atoms with Gasteiger partial charge in [-0.1, -0.05) is 67.6 Å². The molecule has 0 saturated carbocycles. The number of pyridine rings is 1. The van der Waals surface area contributed by atoms with E-state index in [4.69, 9.17) is 0 Å². The molecule has 3 heterocycles. The number of nitrogens with zero attached hydrogens (tertiary/aromatic N) is 5. The van der Waals surface area contributed by atoms with Crippen LogP contribution in [0.3, 0.4) is 0 Å². The summed E-state index contributed by atoms with van der Waals surface area (Å²) in [6.07, 6.45) is 3.37. The molecular weight excluding hydrogens is 459 g/mol. The summed E-state index contributed by atoms with van der Waals surface area (Å²) in [7, 11) is 0. The molecule has 8 nitrogen and oxygen atoms in total. The molecule has 0 aliphatic carbocycles. The largest absolute Gasteiger partial charge is 0.374 e. The molecule has 0 bridgehead atoms. The average molecular weight is 485 g/mol. The minimum absolute atomic E-state index is 0.0888. The number of fused-ring (bicyclic) bond motifs is 1. The molecule has 5 rings (SSSR count). The topological polar surface area (TPSA) is 97.3 Å². The summed E-state index contributed by atoms with van der Waals surface area (Å²) in [4.78, 5) is 21.6. The first-order chi connectivity index (χ1) is 17.5. The van der Waals surface area contributed by atoms with Crippen molar-refractivity contribution in [1.82, 2.24) is 24.1 Å². The normalized spacial score (nSPS) is 11.7. The lowest BCUT2D eigenvalue weighted by Gasteiger charge is -2.29. The molecule has 0 unspecified atom stereocenters. The zero-order valence-electron chi connectivity index (χ0n) is 19.9. The smallest absolute Gasteiger partial charge is 0.262 e. The monoisotopic (exact) mass is 484 g/mol. The van der Waals surface area contributed by atoms with Crippen molar-refractivity contribution in [2.75, 3.05) is 5.32 Å². The van der Waals surface area contributed by atoms with Crippen LogP contribution in [0.4, 0.5) is 10.3 Å². The third-order valence-corrected chi connectivity index (χ3v) is 6.20. The number of aromatic nitrogens is 5. The molecule has 3 aromatic heterocycles. The Morgan fingerprint density at radius 3 is 2.25 bits per heavy atom. The lowest BCUT2D eigenvalue weighted by atomic mass is 9.82. The maximum Gasteiger partial charge on any atom is 0.262 e. The van der Waals surface area contributed by atoms with Crippen molar-refractivity contribution in [3.05, 3.63) is 113 Å². The molecule has 0 spiro atoms. The summed E-state index contributed by atoms with van der Waals surface area (Å²) >= 11 is 0. The quantitative estimate of drug-likeness (QED) is 0.361. The molecule has 1 amide bonds. The van der Waals surface area contributed by atoms with Gasteiger partial charge in [-0.3, -0.25) is 14.8 Å². The minimum atomic E-state index is -1.59. The molecule has 2 N–H and O–H groups in total. The van der Waals surface area contributed by atoms with Gasteiger partial charge < -0.3 is 9.51 Å². The molecule has 5 aromatic rings. The van der Waals surface area contributed by atoms with Crippen LogP contribution in [0, 0.1) is 5.82 Å². The highest BCUT2D eigenvalue weighted by atomic mass is 19.1. The first-order valence-electron chi connectivity index (χ1n) is 11.7. The molecular formula is C27H25FN6O2. The number of carbonyl (C=O) groups excluding carboxylic acids is 1. The summed E-state index contributed by atoms with van der Waals surface area (Å²) < 4.78 is 18.3. The number of benzene rings is 2. The molecule has 0 aliphatic rings. The number of aliphatic hydroxyl groups is 1. The van der Waals surface area contributed by atoms with E-state index in [-0.39, 0.29) is 17.2 Å². The standard InChI is InChI=1S/C27H25FN6O2/c1-3-22-24(27(36,18-11-7-5-8-12-18)19-13-9-6-10-14-19)30-23-15-21(28)20(16-34(22)23)25(35)31-26-29-17-33(4-2)32-26/h5-17,36H,3-4H2,1-2H3,(H,31,32,35). The van der Waals surface area contributed by atoms with Crippen molar-refractivity contribution >= 4 is 17.5 Å². The van der Waals surface area contributed by atoms with Crippen LogP contribution in [0.1, 0.15) is 46.7 Å². The van der Waals surface area contributed by atoms with Gasteiger partial charge in [0.2, 0.25) is 5.95 Å². The summed E-state index contributed by atoms with van der Waals surface area (Å²) in [5.41, 5.74) is 0.808. The van der Waals surface area contributed by atoms with Crippen molar-refractivity contribution in [3.63, 3.8) is 0 Å². The SMILES string of the molecule is CCc1c(C(O)(c2ccccc2)c2ccccc2)nc2cc(F)c(C(=O)Nc3ncn(CC)n3)cn12. The van der Waals surface area contributed by atoms with Crippen LogP contribution >= 0.6 is 0 Å². The number of nitrogens with one attached hydrogen (secondary N) is 1. The van der Waals surface area contributed by atoms with Gasteiger partial charge in [0, 0.05) is 24.5 Å². The third kappa shape index (κ3) is 3.93. The molecule has 9 heteroatoms. The van der Waals surface area contributed by atoms with Crippen molar-refractivity contribution < 1.29 is 14.3 Å². The van der Waals surface area contributed by atoms with Crippen LogP contribution in [0.15, 0.2) is 79.3 Å². The van der Waals surface area contributed by atoms with Gasteiger partial charge in [-0.2, -0.15) is 0 Å². The summed E-state index contributed by atoms with van der Waals surface area (Å²) in [5, 5.41) is 18.9. The number of imidazole rings is 1. The van der Waals surface area contributed by atoms with Crippen LogP contribution in [-0.2, 0) is 18.6 Å². The van der Waals surface area contributed by atoms with E-state index < -0.39 is 17.3 Å². The van der Waals surface area contributed by atoms with Crippen LogP contribution in [0.5, 0.6) is 0 Å². The first-order valence-corrected chi connectivity index (χ1v) is 11.7. The molecule has 2 aromatic carbocycles. The highest BCUT2D eigenvalue weighted by Gasteiger charge is 2.39. The molecule has 0 radical (unpaired) electrons. The number of halogens is 1. The summed E-state index contributed by atoms with van der Waals surface area (Å²) in [5.74, 6) is -1.33. The fourth-order valence-corrected chi connectivity index (χ4v) is 4.38. The zero-order valence-corrected chi connectivity index (χ0v) is 19.9. The van der Waals surface area contributed by atoms with Crippen molar-refractivity contribution in [2.24, 2.45) is 0 Å². The van der Waals surface area contributed by atoms with Gasteiger partial charge in [0.15, 0.2) is 5.60 Å². The lowest BCUT2D eigenvalue weighted by Crippen LogP contribution is -2.30. The Labute approximate surface area is 207 Å². The molecule has 0 atom stereocenters. The van der Waals surface area contributed by atoms with Crippen LogP contribution in [0.2, 0.25) is 0 Å². The van der Waals surface area contributed by atoms with Gasteiger partial charge in [0.25, 0.3) is 5.91 Å². The Hall–Kier alpha value is -4.37. The summed E-state index contributed by atoms with van der Waals surface area (Å²) in [6, 6.07) is 19.7. The maximum absolute atomic E-state index is 15.1. The minimum Gasteiger partial charge on any atom is -0.374 e. The van der Waals surface area contributed by atoms with Crippen molar-refractivity contribution in [1.29, 1.82) is 0 Å². The predicted octanol–water partition coefficient (Wildman–Crippen LogP) is 4.18. The van der Waals surface area contributed by atoms with Gasteiger partial charge in [-0.15, -0.1) is 5.10 Å². The van der Waals surface area contributed by atoms with E-state index in [1.807, 2.05) is 74.5 Å². The average Bonchev–Trinajstić information content (AvgIpc) is 3.52. The molecule has 0 aliphatic heterocycles. The number of hydrogen-bond acceptors (Lipinski definition) is 5. The zero-order chi connectivity index (χ0) is 25.3. The van der Waals surface area contributed by atoms with E-state index >= 15 is 4.39 Å². The van der Waals surface area contributed by atoms with E-state index in [0.29, 0.717) is 35.5 Å². The van der Waals surface area contributed by atoms with Crippen molar-refractivity contribution in [2.45, 2.75) is 32.4 Å². The Bertz CT molecular complexity index is 1490. The molecule has 36 heavy (non-hydrogen) atoms. The van der Waals surface area contributed by atoms with E-state index in [2.05, 4.69) is 20.4 Å². The first kappa shape index (κ1) is 23.4. The van der Waals surface area contributed by atoms with E-state index in [9.17, 15) is 9.90 Å². The second-order valence-corrected chi connectivity index (χ2v) is 8.34. The van der Waals surface area contributed by atoms with Crippen LogP contribution < -0.4 is 5.32 Å². The Morgan fingerprint density at radius 1 is 1.06 bits per heavy atom. The number of hydrogen-bond donors (Lipinski definition) is 2. The van der Waals surface area contributed by atoms with E-state index in [0.717, 1.165) is 0 Å². The van der Waals surface area contributed by atoms with E-state index in [1.54, 1.807) is 9.08 Å². The highest BCUT2D eigenvalue weighted by molar-refractivity contribution is 6.03. The van der Waals surface area contributed by atoms with Crippen molar-refractivity contribution in [3.8, 4) is 0 Å². The number of rotatable bonds is 7. The number of aryl methyl sites for hydroxylation is 2. The fraction of sp³-hybridized carbons (Fsp3) is 0.185. The predicted molar refractivity (Wildman–Crippen MR) is 133 cm³/mol. The number of anilines is 1. The molecule has 0 fully saturated rings. The number of carbonyl (C=O) groups is 1. The Morgan fingerprint density at radius 2 is 1.69 bits per heavy atom. The van der Waals surface area contributed by atoms with Gasteiger partial charge in [-0.05, 0) is 24.5 Å². The van der Waals surface area contributed by atoms with Crippen LogP contribution in [-0.4, -0.2) is 35.2 Å². The summed E-state index contributed by atoms with van der Waals surface area (Å²) in [6.45, 7) is 4.41. The van der Waals surface area contributed by atoms with Gasteiger partial charge in [0.05, 0.1) is 5.56 Å². The molecule has 182 valence electrons. The Kier molecular flexibility index (Phi) is 6.07. The fourth-order valence-electron chi connectivity index (χ4n) is 4.38. The lowest BCUT2D eigenvalue weighted by molar-refractivity contribution is 0.102. The van der Waals surface area contributed by atoms with Gasteiger partial charge in [-0.25, -0.2) is 14.4 Å². The maximum atomic E-state index is 15.1. The van der Waals surface area contributed by atoms with Gasteiger partial charge in [0.1, 0.15) is 23.5 Å². The van der Waals surface area contributed by atoms with Gasteiger partial charge >= 0.3 is 0 Å². The molecule has 0 saturated heterocycles. The highest BCUT2D eigenvalue weighted by Crippen LogP contribution is 2.38. The second kappa shape index (κ2) is 9.35. The Balaban J connectivity index is 1.65. The number of amides is 1. The second-order valence-electron chi connectivity index (χ2n) is 8.34. The third-order valence-electron chi connectivity index (χ3n) is 6.20. The van der Waals surface area contributed by atoms with Crippen LogP contribution in [0.25, 0.3) is 5.65 Å². The van der Waals surface area contributed by atoms with E-state index in [1.165, 1.54) is 18.6 Å².